The number of ether oxygens (including phenoxy) is 1. The van der Waals surface area contributed by atoms with Gasteiger partial charge in [-0.1, -0.05) is 38.1 Å². The van der Waals surface area contributed by atoms with Crippen LogP contribution in [0.3, 0.4) is 0 Å². The zero-order chi connectivity index (χ0) is 39.1. The van der Waals surface area contributed by atoms with Gasteiger partial charge in [-0.05, 0) is 113 Å². The SMILES string of the molecule is C=C(NC=O)C(C)CC.Cc1cc(-n2nc3c(c2-n2cc[nH]c2=O)[C@H](C)N(C(=O)c2cc4cc([C@H]5CCOC(C)(C)C5)ccc4n2C)CC3)cc(C)c1Cl. The molecule has 0 bridgehead atoms. The molecule has 286 valence electrons. The van der Waals surface area contributed by atoms with E-state index >= 15 is 0 Å². The molecule has 3 atom stereocenters. The van der Waals surface area contributed by atoms with Crippen LogP contribution in [0.2, 0.25) is 5.02 Å². The van der Waals surface area contributed by atoms with Crippen LogP contribution >= 0.6 is 11.6 Å². The van der Waals surface area contributed by atoms with Gasteiger partial charge < -0.3 is 24.5 Å². The van der Waals surface area contributed by atoms with Gasteiger partial charge in [0.2, 0.25) is 6.41 Å². The molecule has 5 aromatic rings. The standard InChI is InChI=1S/C35H39ClN6O3.C7H13NO/c1-20-15-26(16-21(2)31(20)36)42-32(41-13-11-37-34(41)44)30-22(3)40(12-9-27(30)38-42)33(43)29-18-25-17-23(7-8-28(25)39(29)6)24-10-14-45-35(4,5)19-24;1-4-6(2)7(3)8-5-9/h7-8,11,13,15-18,22,24H,9-10,12,14,19H2,1-6H3,(H,37,44);5-6H,3-4H2,1-2H3,(H,8,9)/t22-,24-;/m0./s1. The van der Waals surface area contributed by atoms with Crippen LogP contribution in [0, 0.1) is 19.8 Å². The second-order valence-corrected chi connectivity index (χ2v) is 15.7. The molecule has 2 aliphatic rings. The van der Waals surface area contributed by atoms with Crippen LogP contribution in [0.25, 0.3) is 22.4 Å². The Labute approximate surface area is 321 Å². The second-order valence-electron chi connectivity index (χ2n) is 15.4. The van der Waals surface area contributed by atoms with Crippen molar-refractivity contribution >= 4 is 34.8 Å². The van der Waals surface area contributed by atoms with Gasteiger partial charge in [0.1, 0.15) is 11.5 Å². The molecular weight excluding hydrogens is 702 g/mol. The van der Waals surface area contributed by atoms with Crippen molar-refractivity contribution in [2.24, 2.45) is 13.0 Å². The highest BCUT2D eigenvalue weighted by atomic mass is 35.5. The zero-order valence-corrected chi connectivity index (χ0v) is 33.4. The minimum absolute atomic E-state index is 0.0427. The predicted octanol–water partition coefficient (Wildman–Crippen LogP) is 7.84. The maximum Gasteiger partial charge on any atom is 0.331 e. The van der Waals surface area contributed by atoms with Crippen molar-refractivity contribution in [3.8, 4) is 11.5 Å². The zero-order valence-electron chi connectivity index (χ0n) is 32.6. The molecule has 7 rings (SSSR count). The van der Waals surface area contributed by atoms with Crippen LogP contribution in [0.5, 0.6) is 0 Å². The predicted molar refractivity (Wildman–Crippen MR) is 214 cm³/mol. The number of rotatable bonds is 8. The smallest absolute Gasteiger partial charge is 0.331 e. The highest BCUT2D eigenvalue weighted by molar-refractivity contribution is 6.32. The van der Waals surface area contributed by atoms with Crippen LogP contribution in [0.1, 0.15) is 104 Å². The molecule has 5 heterocycles. The van der Waals surface area contributed by atoms with E-state index in [4.69, 9.17) is 21.4 Å². The van der Waals surface area contributed by atoms with Crippen molar-refractivity contribution in [3.63, 3.8) is 0 Å². The normalized spacial score (nSPS) is 18.4. The molecule has 12 heteroatoms. The number of halogens is 1. The minimum Gasteiger partial charge on any atom is -0.376 e. The number of hydrogen-bond donors (Lipinski definition) is 2. The van der Waals surface area contributed by atoms with Crippen LogP contribution in [-0.4, -0.2) is 59.9 Å². The van der Waals surface area contributed by atoms with E-state index in [1.165, 1.54) is 5.56 Å². The van der Waals surface area contributed by atoms with E-state index in [2.05, 4.69) is 55.9 Å². The van der Waals surface area contributed by atoms with Crippen molar-refractivity contribution in [3.05, 3.63) is 110 Å². The molecule has 0 spiro atoms. The summed E-state index contributed by atoms with van der Waals surface area (Å²) >= 11 is 6.50. The summed E-state index contributed by atoms with van der Waals surface area (Å²) in [6.07, 6.45) is 7.54. The lowest BCUT2D eigenvalue weighted by atomic mass is 9.83. The summed E-state index contributed by atoms with van der Waals surface area (Å²) in [4.78, 5) is 41.8. The first kappa shape index (κ1) is 38.8. The number of aromatic amines is 1. The first-order valence-corrected chi connectivity index (χ1v) is 19.1. The lowest BCUT2D eigenvalue weighted by Crippen LogP contribution is -2.40. The number of allylic oxidation sites excluding steroid dienone is 1. The van der Waals surface area contributed by atoms with Crippen molar-refractivity contribution in [2.45, 2.75) is 91.7 Å². The van der Waals surface area contributed by atoms with Gasteiger partial charge in [0.25, 0.3) is 5.91 Å². The van der Waals surface area contributed by atoms with Gasteiger partial charge in [-0.25, -0.2) is 9.48 Å². The Morgan fingerprint density at radius 1 is 1.20 bits per heavy atom. The summed E-state index contributed by atoms with van der Waals surface area (Å²) in [6.45, 7) is 19.3. The van der Waals surface area contributed by atoms with Gasteiger partial charge in [0.05, 0.1) is 23.0 Å². The Balaban J connectivity index is 0.000000493. The Kier molecular flexibility index (Phi) is 11.1. The third-order valence-corrected chi connectivity index (χ3v) is 11.8. The van der Waals surface area contributed by atoms with Crippen molar-refractivity contribution in [1.29, 1.82) is 0 Å². The highest BCUT2D eigenvalue weighted by Gasteiger charge is 2.36. The number of fused-ring (bicyclic) bond motifs is 2. The summed E-state index contributed by atoms with van der Waals surface area (Å²) < 4.78 is 11.3. The number of amides is 2. The van der Waals surface area contributed by atoms with Crippen LogP contribution in [0.15, 0.2) is 65.9 Å². The molecule has 1 saturated heterocycles. The van der Waals surface area contributed by atoms with E-state index in [9.17, 15) is 14.4 Å². The topological polar surface area (TPSA) is 119 Å². The summed E-state index contributed by atoms with van der Waals surface area (Å²) in [5.74, 6) is 1.40. The van der Waals surface area contributed by atoms with Crippen LogP contribution < -0.4 is 11.0 Å². The van der Waals surface area contributed by atoms with Gasteiger partial charge in [0.15, 0.2) is 0 Å². The number of nitrogens with zero attached hydrogens (tertiary/aromatic N) is 5. The number of aromatic nitrogens is 5. The number of carbonyl (C=O) groups is 2. The Morgan fingerprint density at radius 2 is 1.93 bits per heavy atom. The monoisotopic (exact) mass is 753 g/mol. The lowest BCUT2D eigenvalue weighted by Gasteiger charge is -2.35. The van der Waals surface area contributed by atoms with E-state index < -0.39 is 0 Å². The second kappa shape index (κ2) is 15.5. The molecule has 1 fully saturated rings. The van der Waals surface area contributed by atoms with Crippen molar-refractivity contribution < 1.29 is 14.3 Å². The van der Waals surface area contributed by atoms with Gasteiger partial charge in [-0.15, -0.1) is 0 Å². The molecule has 2 amide bonds. The quantitative estimate of drug-likeness (QED) is 0.157. The Hall–Kier alpha value is -4.87. The first-order chi connectivity index (χ1) is 25.6. The number of H-pyrrole nitrogens is 1. The lowest BCUT2D eigenvalue weighted by molar-refractivity contribution is -0.109. The molecule has 0 saturated carbocycles. The Morgan fingerprint density at radius 3 is 2.56 bits per heavy atom. The number of carbonyl (C=O) groups excluding carboxylic acids is 2. The number of nitrogens with one attached hydrogen (secondary N) is 2. The van der Waals surface area contributed by atoms with Gasteiger partial charge in [-0.2, -0.15) is 5.10 Å². The Bertz CT molecular complexity index is 2250. The van der Waals surface area contributed by atoms with E-state index in [1.807, 2.05) is 67.1 Å². The molecule has 2 aliphatic heterocycles. The fourth-order valence-corrected chi connectivity index (χ4v) is 7.94. The maximum atomic E-state index is 14.3. The molecule has 54 heavy (non-hydrogen) atoms. The molecule has 3 aromatic heterocycles. The van der Waals surface area contributed by atoms with E-state index in [1.54, 1.807) is 17.0 Å². The third kappa shape index (κ3) is 7.44. The number of benzene rings is 2. The molecular formula is C42H52ClN7O4. The van der Waals surface area contributed by atoms with Crippen LogP contribution in [0.4, 0.5) is 0 Å². The largest absolute Gasteiger partial charge is 0.376 e. The molecule has 11 nitrogen and oxygen atoms in total. The minimum atomic E-state index is -0.320. The highest BCUT2D eigenvalue weighted by Crippen LogP contribution is 2.39. The maximum absolute atomic E-state index is 14.3. The number of aryl methyl sites for hydroxylation is 3. The number of imidazole rings is 1. The van der Waals surface area contributed by atoms with Gasteiger partial charge in [-0.3, -0.25) is 14.2 Å². The fourth-order valence-electron chi connectivity index (χ4n) is 7.83. The summed E-state index contributed by atoms with van der Waals surface area (Å²) in [5.41, 5.74) is 7.76. The first-order valence-electron chi connectivity index (χ1n) is 18.7. The van der Waals surface area contributed by atoms with E-state index in [0.717, 1.165) is 70.5 Å². The average molecular weight is 754 g/mol. The van der Waals surface area contributed by atoms with Crippen molar-refractivity contribution in [2.75, 3.05) is 13.2 Å². The van der Waals surface area contributed by atoms with E-state index in [-0.39, 0.29) is 23.2 Å². The molecule has 0 aliphatic carbocycles. The van der Waals surface area contributed by atoms with Gasteiger partial charge in [0, 0.05) is 66.2 Å². The average Bonchev–Trinajstić information content (AvgIpc) is 3.84. The molecule has 2 N–H and O–H groups in total. The van der Waals surface area contributed by atoms with Crippen LogP contribution in [-0.2, 0) is 23.0 Å². The third-order valence-electron chi connectivity index (χ3n) is 11.2. The fraction of sp³-hybridized carbons (Fsp3) is 0.429. The van der Waals surface area contributed by atoms with Gasteiger partial charge >= 0.3 is 5.69 Å². The molecule has 1 unspecified atom stereocenters. The van der Waals surface area contributed by atoms with Crippen molar-refractivity contribution in [1.82, 2.24) is 34.1 Å². The molecule has 2 aromatic carbocycles. The van der Waals surface area contributed by atoms with E-state index in [0.29, 0.717) is 47.7 Å². The summed E-state index contributed by atoms with van der Waals surface area (Å²) in [6, 6.07) is 12.2. The summed E-state index contributed by atoms with van der Waals surface area (Å²) in [5, 5.41) is 9.30. The molecule has 0 radical (unpaired) electrons. The number of hydrogen-bond acceptors (Lipinski definition) is 5. The summed E-state index contributed by atoms with van der Waals surface area (Å²) in [7, 11) is 1.96.